The van der Waals surface area contributed by atoms with E-state index in [1.165, 1.54) is 0 Å². The highest BCUT2D eigenvalue weighted by molar-refractivity contribution is 5.81. The van der Waals surface area contributed by atoms with Crippen molar-refractivity contribution in [2.24, 2.45) is 11.8 Å². The molecule has 0 heterocycles. The molecule has 0 bridgehead atoms. The SMILES string of the molecule is CC(C)(C)OC(=O)C1CC1C=O. The van der Waals surface area contributed by atoms with Crippen LogP contribution in [0, 0.1) is 11.8 Å². The third kappa shape index (κ3) is 2.32. The molecule has 0 aliphatic heterocycles. The Bertz CT molecular complexity index is 202. The number of esters is 1. The molecule has 2 unspecified atom stereocenters. The lowest BCUT2D eigenvalue weighted by Crippen LogP contribution is -2.25. The molecular weight excluding hydrogens is 156 g/mol. The summed E-state index contributed by atoms with van der Waals surface area (Å²) in [5, 5.41) is 0. The summed E-state index contributed by atoms with van der Waals surface area (Å²) in [6, 6.07) is 0. The number of hydrogen-bond acceptors (Lipinski definition) is 3. The van der Waals surface area contributed by atoms with Gasteiger partial charge >= 0.3 is 5.97 Å². The first-order valence-electron chi connectivity index (χ1n) is 4.12. The first-order valence-corrected chi connectivity index (χ1v) is 4.12. The van der Waals surface area contributed by atoms with Gasteiger partial charge in [-0.2, -0.15) is 0 Å². The van der Waals surface area contributed by atoms with Gasteiger partial charge in [-0.05, 0) is 27.2 Å². The largest absolute Gasteiger partial charge is 0.460 e. The third-order valence-electron chi connectivity index (χ3n) is 1.72. The number of aldehydes is 1. The van der Waals surface area contributed by atoms with Crippen LogP contribution in [0.25, 0.3) is 0 Å². The van der Waals surface area contributed by atoms with Crippen LogP contribution in [0.5, 0.6) is 0 Å². The predicted molar refractivity (Wildman–Crippen MR) is 43.5 cm³/mol. The minimum absolute atomic E-state index is 0.0835. The third-order valence-corrected chi connectivity index (χ3v) is 1.72. The van der Waals surface area contributed by atoms with Crippen LogP contribution in [0.4, 0.5) is 0 Å². The van der Waals surface area contributed by atoms with Gasteiger partial charge in [-0.25, -0.2) is 0 Å². The summed E-state index contributed by atoms with van der Waals surface area (Å²) in [6.45, 7) is 5.47. The molecule has 1 saturated carbocycles. The van der Waals surface area contributed by atoms with Gasteiger partial charge in [0.05, 0.1) is 5.92 Å². The zero-order chi connectivity index (χ0) is 9.35. The van der Waals surface area contributed by atoms with Crippen molar-refractivity contribution in [2.45, 2.75) is 32.8 Å². The molecule has 0 N–H and O–H groups in total. The van der Waals surface area contributed by atoms with Crippen molar-refractivity contribution in [3.63, 3.8) is 0 Å². The van der Waals surface area contributed by atoms with Gasteiger partial charge in [-0.3, -0.25) is 4.79 Å². The fourth-order valence-corrected chi connectivity index (χ4v) is 1.01. The predicted octanol–water partition coefficient (Wildman–Crippen LogP) is 1.16. The first kappa shape index (κ1) is 9.23. The molecule has 1 fully saturated rings. The molecule has 0 spiro atoms. The second kappa shape index (κ2) is 2.88. The van der Waals surface area contributed by atoms with Gasteiger partial charge in [0.2, 0.25) is 0 Å². The minimum atomic E-state index is -0.437. The maximum absolute atomic E-state index is 11.2. The average Bonchev–Trinajstić information content (AvgIpc) is 2.60. The highest BCUT2D eigenvalue weighted by Crippen LogP contribution is 2.38. The van der Waals surface area contributed by atoms with E-state index in [0.29, 0.717) is 6.42 Å². The Labute approximate surface area is 72.1 Å². The van der Waals surface area contributed by atoms with Gasteiger partial charge in [0.1, 0.15) is 11.9 Å². The van der Waals surface area contributed by atoms with Crippen molar-refractivity contribution in [1.82, 2.24) is 0 Å². The summed E-state index contributed by atoms with van der Waals surface area (Å²) in [5.41, 5.74) is -0.437. The second-order valence-corrected chi connectivity index (χ2v) is 4.18. The van der Waals surface area contributed by atoms with E-state index in [0.717, 1.165) is 6.29 Å². The molecule has 0 amide bonds. The summed E-state index contributed by atoms with van der Waals surface area (Å²) in [4.78, 5) is 21.4. The normalized spacial score (nSPS) is 27.9. The van der Waals surface area contributed by atoms with Gasteiger partial charge in [-0.15, -0.1) is 0 Å². The number of carbonyl (C=O) groups is 2. The number of carbonyl (C=O) groups excluding carboxylic acids is 2. The maximum atomic E-state index is 11.2. The van der Waals surface area contributed by atoms with Crippen molar-refractivity contribution < 1.29 is 14.3 Å². The Balaban J connectivity index is 2.36. The lowest BCUT2D eigenvalue weighted by atomic mass is 10.2. The molecule has 0 saturated heterocycles. The molecule has 2 atom stereocenters. The Hall–Kier alpha value is -0.860. The van der Waals surface area contributed by atoms with Crippen LogP contribution in [0.1, 0.15) is 27.2 Å². The maximum Gasteiger partial charge on any atom is 0.310 e. The molecule has 1 rings (SSSR count). The zero-order valence-corrected chi connectivity index (χ0v) is 7.66. The number of rotatable bonds is 2. The van der Waals surface area contributed by atoms with Crippen LogP contribution in [-0.4, -0.2) is 17.9 Å². The standard InChI is InChI=1S/C9H14O3/c1-9(2,3)12-8(11)7-4-6(7)5-10/h5-7H,4H2,1-3H3. The summed E-state index contributed by atoms with van der Waals surface area (Å²) in [6.07, 6.45) is 1.49. The highest BCUT2D eigenvalue weighted by atomic mass is 16.6. The molecule has 0 aromatic carbocycles. The average molecular weight is 170 g/mol. The molecule has 0 aromatic heterocycles. The van der Waals surface area contributed by atoms with E-state index in [-0.39, 0.29) is 17.8 Å². The quantitative estimate of drug-likeness (QED) is 0.461. The smallest absolute Gasteiger partial charge is 0.310 e. The van der Waals surface area contributed by atoms with Crippen LogP contribution in [0.15, 0.2) is 0 Å². The molecule has 0 radical (unpaired) electrons. The van der Waals surface area contributed by atoms with Crippen LogP contribution in [0.3, 0.4) is 0 Å². The molecule has 3 nitrogen and oxygen atoms in total. The van der Waals surface area contributed by atoms with E-state index in [1.807, 2.05) is 20.8 Å². The van der Waals surface area contributed by atoms with Gasteiger partial charge in [0.25, 0.3) is 0 Å². The second-order valence-electron chi connectivity index (χ2n) is 4.18. The van der Waals surface area contributed by atoms with E-state index in [2.05, 4.69) is 0 Å². The van der Waals surface area contributed by atoms with Crippen molar-refractivity contribution in [1.29, 1.82) is 0 Å². The molecule has 3 heteroatoms. The van der Waals surface area contributed by atoms with E-state index in [9.17, 15) is 9.59 Å². The topological polar surface area (TPSA) is 43.4 Å². The fourth-order valence-electron chi connectivity index (χ4n) is 1.01. The number of hydrogen-bond donors (Lipinski definition) is 0. The van der Waals surface area contributed by atoms with Gasteiger partial charge in [0.15, 0.2) is 0 Å². The highest BCUT2D eigenvalue weighted by Gasteiger charge is 2.45. The lowest BCUT2D eigenvalue weighted by Gasteiger charge is -2.19. The van der Waals surface area contributed by atoms with Gasteiger partial charge in [-0.1, -0.05) is 0 Å². The van der Waals surface area contributed by atoms with Gasteiger partial charge in [0, 0.05) is 5.92 Å². The zero-order valence-electron chi connectivity index (χ0n) is 7.66. The molecular formula is C9H14O3. The molecule has 68 valence electrons. The van der Waals surface area contributed by atoms with Crippen molar-refractivity contribution in [2.75, 3.05) is 0 Å². The number of ether oxygens (including phenoxy) is 1. The first-order chi connectivity index (χ1) is 5.44. The van der Waals surface area contributed by atoms with Crippen molar-refractivity contribution in [3.05, 3.63) is 0 Å². The lowest BCUT2D eigenvalue weighted by molar-refractivity contribution is -0.157. The van der Waals surface area contributed by atoms with Crippen LogP contribution in [-0.2, 0) is 14.3 Å². The fraction of sp³-hybridized carbons (Fsp3) is 0.778. The Morgan fingerprint density at radius 2 is 2.08 bits per heavy atom. The Morgan fingerprint density at radius 1 is 1.50 bits per heavy atom. The minimum Gasteiger partial charge on any atom is -0.460 e. The van der Waals surface area contributed by atoms with Crippen LogP contribution in [0.2, 0.25) is 0 Å². The summed E-state index contributed by atoms with van der Waals surface area (Å²) in [5.74, 6) is -0.485. The Morgan fingerprint density at radius 3 is 2.42 bits per heavy atom. The summed E-state index contributed by atoms with van der Waals surface area (Å²) < 4.78 is 5.10. The molecule has 12 heavy (non-hydrogen) atoms. The summed E-state index contributed by atoms with van der Waals surface area (Å²) in [7, 11) is 0. The van der Waals surface area contributed by atoms with E-state index >= 15 is 0 Å². The van der Waals surface area contributed by atoms with E-state index in [4.69, 9.17) is 4.74 Å². The summed E-state index contributed by atoms with van der Waals surface area (Å²) >= 11 is 0. The van der Waals surface area contributed by atoms with E-state index in [1.54, 1.807) is 0 Å². The Kier molecular flexibility index (Phi) is 2.22. The molecule has 1 aliphatic rings. The van der Waals surface area contributed by atoms with Crippen LogP contribution >= 0.6 is 0 Å². The van der Waals surface area contributed by atoms with Gasteiger partial charge < -0.3 is 9.53 Å². The van der Waals surface area contributed by atoms with Crippen molar-refractivity contribution in [3.8, 4) is 0 Å². The monoisotopic (exact) mass is 170 g/mol. The van der Waals surface area contributed by atoms with E-state index < -0.39 is 5.60 Å². The molecule has 1 aliphatic carbocycles. The van der Waals surface area contributed by atoms with Crippen molar-refractivity contribution >= 4 is 12.3 Å². The molecule has 0 aromatic rings. The van der Waals surface area contributed by atoms with Crippen LogP contribution < -0.4 is 0 Å².